The molecule has 0 spiro atoms. The van der Waals surface area contributed by atoms with E-state index in [0.717, 1.165) is 22.6 Å². The largest absolute Gasteiger partial charge is 0.497 e. The number of nitrogens with zero attached hydrogens (tertiary/aromatic N) is 2. The van der Waals surface area contributed by atoms with Crippen LogP contribution in [0, 0.1) is 0 Å². The number of nitrogens with two attached hydrogens (primary N) is 1. The molecule has 1 heterocycles. The lowest BCUT2D eigenvalue weighted by molar-refractivity contribution is 0.0948. The van der Waals surface area contributed by atoms with Gasteiger partial charge in [0.2, 0.25) is 0 Å². The van der Waals surface area contributed by atoms with E-state index >= 15 is 0 Å². The third-order valence-corrected chi connectivity index (χ3v) is 4.45. The van der Waals surface area contributed by atoms with Gasteiger partial charge in [0.25, 0.3) is 5.91 Å². The zero-order valence-electron chi connectivity index (χ0n) is 13.9. The van der Waals surface area contributed by atoms with Crippen molar-refractivity contribution in [3.05, 3.63) is 69.8 Å². The monoisotopic (exact) mass is 390 g/mol. The molecule has 0 unspecified atom stereocenters. The molecular formula is C18H16Cl2N4O2. The molecular weight excluding hydrogens is 375 g/mol. The zero-order chi connectivity index (χ0) is 18.7. The molecule has 1 amide bonds. The van der Waals surface area contributed by atoms with Crippen molar-refractivity contribution < 1.29 is 9.53 Å². The van der Waals surface area contributed by atoms with Crippen LogP contribution in [-0.4, -0.2) is 22.8 Å². The van der Waals surface area contributed by atoms with E-state index in [4.69, 9.17) is 33.8 Å². The molecule has 134 valence electrons. The summed E-state index contributed by atoms with van der Waals surface area (Å²) in [6.45, 7) is 0.370. The molecule has 3 aromatic rings. The summed E-state index contributed by atoms with van der Waals surface area (Å²) >= 11 is 12.2. The predicted octanol–water partition coefficient (Wildman–Crippen LogP) is 3.52. The zero-order valence-corrected chi connectivity index (χ0v) is 15.4. The lowest BCUT2D eigenvalue weighted by atomic mass is 10.1. The number of nitrogen functional groups attached to an aromatic ring is 1. The summed E-state index contributed by atoms with van der Waals surface area (Å²) in [5.74, 6) is 5.50. The van der Waals surface area contributed by atoms with Crippen molar-refractivity contribution in [1.82, 2.24) is 15.2 Å². The third-order valence-electron chi connectivity index (χ3n) is 3.86. The first kappa shape index (κ1) is 18.3. The Balaban J connectivity index is 2.04. The molecule has 0 saturated heterocycles. The number of carbonyl (C=O) groups is 1. The van der Waals surface area contributed by atoms with Crippen LogP contribution in [-0.2, 0) is 6.54 Å². The van der Waals surface area contributed by atoms with E-state index in [0.29, 0.717) is 16.6 Å². The van der Waals surface area contributed by atoms with Gasteiger partial charge in [-0.25, -0.2) is 5.84 Å². The van der Waals surface area contributed by atoms with E-state index < -0.39 is 5.91 Å². The molecule has 0 saturated carbocycles. The number of hydrogen-bond acceptors (Lipinski definition) is 4. The van der Waals surface area contributed by atoms with Gasteiger partial charge in [0.05, 0.1) is 19.3 Å². The Morgan fingerprint density at radius 3 is 2.54 bits per heavy atom. The Kier molecular flexibility index (Phi) is 5.46. The third kappa shape index (κ3) is 3.83. The van der Waals surface area contributed by atoms with E-state index in [9.17, 15) is 4.79 Å². The second kappa shape index (κ2) is 7.78. The van der Waals surface area contributed by atoms with E-state index in [1.54, 1.807) is 30.0 Å². The van der Waals surface area contributed by atoms with Gasteiger partial charge in [0.1, 0.15) is 5.75 Å². The van der Waals surface area contributed by atoms with Gasteiger partial charge in [0.15, 0.2) is 5.69 Å². The smallest absolute Gasteiger partial charge is 0.285 e. The number of halogens is 2. The molecule has 2 aromatic carbocycles. The Hall–Kier alpha value is -2.54. The second-order valence-electron chi connectivity index (χ2n) is 5.51. The van der Waals surface area contributed by atoms with Crippen molar-refractivity contribution in [2.45, 2.75) is 6.54 Å². The minimum Gasteiger partial charge on any atom is -0.497 e. The fourth-order valence-corrected chi connectivity index (χ4v) is 3.00. The first-order chi connectivity index (χ1) is 12.5. The van der Waals surface area contributed by atoms with Crippen LogP contribution in [0.3, 0.4) is 0 Å². The minimum absolute atomic E-state index is 0.211. The molecule has 8 heteroatoms. The Morgan fingerprint density at radius 2 is 1.92 bits per heavy atom. The van der Waals surface area contributed by atoms with Crippen molar-refractivity contribution >= 4 is 29.1 Å². The number of aromatic nitrogens is 2. The number of hydrogen-bond donors (Lipinski definition) is 2. The average Bonchev–Trinajstić information content (AvgIpc) is 3.07. The molecule has 0 aliphatic carbocycles. The second-order valence-corrected chi connectivity index (χ2v) is 6.35. The molecule has 0 aliphatic heterocycles. The van der Waals surface area contributed by atoms with Crippen molar-refractivity contribution in [3.8, 4) is 17.0 Å². The summed E-state index contributed by atoms with van der Waals surface area (Å²) in [6.07, 6.45) is 0. The Bertz CT molecular complexity index is 939. The van der Waals surface area contributed by atoms with Gasteiger partial charge < -0.3 is 4.74 Å². The number of ether oxygens (including phenoxy) is 1. The molecule has 26 heavy (non-hydrogen) atoms. The highest BCUT2D eigenvalue weighted by Gasteiger charge is 2.16. The van der Waals surface area contributed by atoms with Gasteiger partial charge in [-0.15, -0.1) is 0 Å². The molecule has 0 atom stereocenters. The fraction of sp³-hybridized carbons (Fsp3) is 0.111. The van der Waals surface area contributed by atoms with Crippen LogP contribution in [0.1, 0.15) is 16.1 Å². The number of amides is 1. The van der Waals surface area contributed by atoms with Crippen molar-refractivity contribution in [3.63, 3.8) is 0 Å². The molecule has 6 nitrogen and oxygen atoms in total. The first-order valence-electron chi connectivity index (χ1n) is 7.69. The molecule has 1 aromatic heterocycles. The molecule has 3 rings (SSSR count). The summed E-state index contributed by atoms with van der Waals surface area (Å²) in [5.41, 5.74) is 4.76. The normalized spacial score (nSPS) is 10.6. The summed E-state index contributed by atoms with van der Waals surface area (Å²) < 4.78 is 6.88. The predicted molar refractivity (Wildman–Crippen MR) is 101 cm³/mol. The van der Waals surface area contributed by atoms with Gasteiger partial charge in [-0.05, 0) is 48.0 Å². The van der Waals surface area contributed by atoms with Gasteiger partial charge in [0, 0.05) is 15.6 Å². The maximum Gasteiger partial charge on any atom is 0.285 e. The van der Waals surface area contributed by atoms with Crippen LogP contribution in [0.2, 0.25) is 10.0 Å². The van der Waals surface area contributed by atoms with Crippen molar-refractivity contribution in [2.24, 2.45) is 5.84 Å². The quantitative estimate of drug-likeness (QED) is 0.396. The standard InChI is InChI=1S/C18H16Cl2N4O2/c1-26-14-6-3-11(4-7-14)17-9-16(18(25)22-21)23-24(17)10-12-2-5-13(19)8-15(12)20/h2-9H,10,21H2,1H3,(H,22,25). The number of carbonyl (C=O) groups excluding carboxylic acids is 1. The summed E-state index contributed by atoms with van der Waals surface area (Å²) in [6, 6.07) is 14.4. The Morgan fingerprint density at radius 1 is 1.19 bits per heavy atom. The summed E-state index contributed by atoms with van der Waals surface area (Å²) in [4.78, 5) is 11.9. The van der Waals surface area contributed by atoms with E-state index in [-0.39, 0.29) is 5.69 Å². The van der Waals surface area contributed by atoms with E-state index in [1.807, 2.05) is 30.3 Å². The molecule has 0 bridgehead atoms. The molecule has 0 radical (unpaired) electrons. The van der Waals surface area contributed by atoms with Crippen LogP contribution in [0.15, 0.2) is 48.5 Å². The molecule has 0 fully saturated rings. The van der Waals surface area contributed by atoms with Crippen molar-refractivity contribution in [1.29, 1.82) is 0 Å². The highest BCUT2D eigenvalue weighted by Crippen LogP contribution is 2.27. The highest BCUT2D eigenvalue weighted by molar-refractivity contribution is 6.35. The van der Waals surface area contributed by atoms with Crippen LogP contribution in [0.5, 0.6) is 5.75 Å². The lowest BCUT2D eigenvalue weighted by Crippen LogP contribution is -2.30. The number of hydrazine groups is 1. The Labute approximate surface area is 160 Å². The van der Waals surface area contributed by atoms with Crippen LogP contribution in [0.4, 0.5) is 0 Å². The van der Waals surface area contributed by atoms with Crippen molar-refractivity contribution in [2.75, 3.05) is 7.11 Å². The van der Waals surface area contributed by atoms with E-state index in [2.05, 4.69) is 10.5 Å². The van der Waals surface area contributed by atoms with E-state index in [1.165, 1.54) is 0 Å². The topological polar surface area (TPSA) is 82.2 Å². The minimum atomic E-state index is -0.472. The first-order valence-corrected chi connectivity index (χ1v) is 8.44. The molecule has 0 aliphatic rings. The number of rotatable bonds is 5. The maximum absolute atomic E-state index is 11.9. The SMILES string of the molecule is COc1ccc(-c2cc(C(=O)NN)nn2Cc2ccc(Cl)cc2Cl)cc1. The number of methoxy groups -OCH3 is 1. The molecule has 3 N–H and O–H groups in total. The summed E-state index contributed by atoms with van der Waals surface area (Å²) in [5, 5.41) is 5.44. The van der Waals surface area contributed by atoms with Gasteiger partial charge in [-0.1, -0.05) is 29.3 Å². The van der Waals surface area contributed by atoms with Gasteiger partial charge in [-0.3, -0.25) is 14.9 Å². The van der Waals surface area contributed by atoms with Crippen LogP contribution >= 0.6 is 23.2 Å². The number of nitrogens with one attached hydrogen (secondary N) is 1. The van der Waals surface area contributed by atoms with Crippen LogP contribution in [0.25, 0.3) is 11.3 Å². The lowest BCUT2D eigenvalue weighted by Gasteiger charge is -2.10. The van der Waals surface area contributed by atoms with Gasteiger partial charge >= 0.3 is 0 Å². The van der Waals surface area contributed by atoms with Crippen LogP contribution < -0.4 is 16.0 Å². The van der Waals surface area contributed by atoms with Gasteiger partial charge in [-0.2, -0.15) is 5.10 Å². The maximum atomic E-state index is 11.9. The highest BCUT2D eigenvalue weighted by atomic mass is 35.5. The summed E-state index contributed by atoms with van der Waals surface area (Å²) in [7, 11) is 1.60. The number of benzene rings is 2. The average molecular weight is 391 g/mol. The fourth-order valence-electron chi connectivity index (χ4n) is 2.53.